The topological polar surface area (TPSA) is 49.0 Å². The number of fused-ring (bicyclic) bond motifs is 1. The van der Waals surface area contributed by atoms with Gasteiger partial charge in [-0.15, -0.1) is 0 Å². The summed E-state index contributed by atoms with van der Waals surface area (Å²) < 4.78 is 21.8. The van der Waals surface area contributed by atoms with Crippen molar-refractivity contribution in [2.24, 2.45) is 0 Å². The summed E-state index contributed by atoms with van der Waals surface area (Å²) in [7, 11) is 3.33. The molecule has 0 radical (unpaired) electrons. The molecule has 1 N–H and O–H groups in total. The molecule has 5 heteroatoms. The molecule has 0 bridgehead atoms. The van der Waals surface area contributed by atoms with E-state index in [0.29, 0.717) is 19.8 Å². The third-order valence-corrected chi connectivity index (χ3v) is 3.74. The molecule has 1 heterocycles. The average Bonchev–Trinajstić information content (AvgIpc) is 2.61. The Labute approximate surface area is 136 Å². The summed E-state index contributed by atoms with van der Waals surface area (Å²) in [5, 5.41) is 3.42. The molecule has 2 aromatic carbocycles. The largest absolute Gasteiger partial charge is 0.497 e. The molecular weight excluding hydrogens is 294 g/mol. The van der Waals surface area contributed by atoms with Crippen molar-refractivity contribution >= 4 is 0 Å². The van der Waals surface area contributed by atoms with Crippen molar-refractivity contribution in [1.82, 2.24) is 5.32 Å². The van der Waals surface area contributed by atoms with Crippen LogP contribution in [0.4, 0.5) is 0 Å². The fraction of sp³-hybridized carbons (Fsp3) is 0.333. The van der Waals surface area contributed by atoms with Crippen LogP contribution in [-0.4, -0.2) is 27.4 Å². The molecule has 0 aliphatic carbocycles. The second-order valence-corrected chi connectivity index (χ2v) is 5.26. The molecule has 0 aromatic heterocycles. The highest BCUT2D eigenvalue weighted by atomic mass is 16.6. The number of rotatable bonds is 6. The second kappa shape index (κ2) is 7.24. The molecule has 2 aromatic rings. The van der Waals surface area contributed by atoms with Crippen molar-refractivity contribution in [3.05, 3.63) is 47.5 Å². The van der Waals surface area contributed by atoms with Crippen LogP contribution < -0.4 is 24.3 Å². The maximum atomic E-state index is 5.61. The van der Waals surface area contributed by atoms with Crippen molar-refractivity contribution in [3.8, 4) is 23.0 Å². The van der Waals surface area contributed by atoms with Gasteiger partial charge in [0.15, 0.2) is 11.5 Å². The van der Waals surface area contributed by atoms with Crippen molar-refractivity contribution in [3.63, 3.8) is 0 Å². The number of hydrogen-bond acceptors (Lipinski definition) is 5. The van der Waals surface area contributed by atoms with E-state index in [1.165, 1.54) is 0 Å². The first kappa shape index (κ1) is 15.5. The Morgan fingerprint density at radius 3 is 2.52 bits per heavy atom. The molecule has 0 spiro atoms. The maximum absolute atomic E-state index is 5.61. The van der Waals surface area contributed by atoms with E-state index in [-0.39, 0.29) is 0 Å². The monoisotopic (exact) mass is 315 g/mol. The molecule has 23 heavy (non-hydrogen) atoms. The Morgan fingerprint density at radius 2 is 1.74 bits per heavy atom. The lowest BCUT2D eigenvalue weighted by Crippen LogP contribution is -2.17. The summed E-state index contributed by atoms with van der Waals surface area (Å²) in [6, 6.07) is 11.8. The number of nitrogens with one attached hydrogen (secondary N) is 1. The lowest BCUT2D eigenvalue weighted by molar-refractivity contribution is 0.171. The van der Waals surface area contributed by atoms with Gasteiger partial charge in [0.05, 0.1) is 14.2 Å². The van der Waals surface area contributed by atoms with Gasteiger partial charge in [0, 0.05) is 18.7 Å². The summed E-state index contributed by atoms with van der Waals surface area (Å²) in [4.78, 5) is 0. The zero-order chi connectivity index (χ0) is 16.1. The van der Waals surface area contributed by atoms with Gasteiger partial charge in [0.2, 0.25) is 0 Å². The Bertz CT molecular complexity index is 672. The van der Waals surface area contributed by atoms with E-state index in [2.05, 4.69) is 5.32 Å². The first-order valence-electron chi connectivity index (χ1n) is 7.60. The third-order valence-electron chi connectivity index (χ3n) is 3.74. The van der Waals surface area contributed by atoms with Crippen LogP contribution in [0.1, 0.15) is 11.1 Å². The van der Waals surface area contributed by atoms with Crippen molar-refractivity contribution in [2.75, 3.05) is 27.4 Å². The Morgan fingerprint density at radius 1 is 0.913 bits per heavy atom. The van der Waals surface area contributed by atoms with Crippen LogP contribution in [0.25, 0.3) is 0 Å². The molecule has 0 fully saturated rings. The summed E-state index contributed by atoms with van der Waals surface area (Å²) in [5.41, 5.74) is 2.21. The minimum absolute atomic E-state index is 0.602. The van der Waals surface area contributed by atoms with Crippen LogP contribution in [0.15, 0.2) is 36.4 Å². The molecule has 1 aliphatic heterocycles. The highest BCUT2D eigenvalue weighted by Gasteiger charge is 2.11. The van der Waals surface area contributed by atoms with Gasteiger partial charge in [-0.05, 0) is 35.9 Å². The summed E-state index contributed by atoms with van der Waals surface area (Å²) >= 11 is 0. The Kier molecular flexibility index (Phi) is 4.88. The lowest BCUT2D eigenvalue weighted by atomic mass is 10.1. The van der Waals surface area contributed by atoms with Crippen LogP contribution in [-0.2, 0) is 13.1 Å². The molecule has 1 aliphatic rings. The fourth-order valence-electron chi connectivity index (χ4n) is 2.56. The predicted octanol–water partition coefficient (Wildman–Crippen LogP) is 2.76. The SMILES string of the molecule is COc1ccc(OC)c(CNCc2ccc3c(c2)OCCO3)c1. The van der Waals surface area contributed by atoms with Crippen molar-refractivity contribution < 1.29 is 18.9 Å². The molecule has 122 valence electrons. The average molecular weight is 315 g/mol. The van der Waals surface area contributed by atoms with Crippen LogP contribution in [0.5, 0.6) is 23.0 Å². The van der Waals surface area contributed by atoms with Gasteiger partial charge in [-0.1, -0.05) is 6.07 Å². The molecule has 5 nitrogen and oxygen atoms in total. The number of benzene rings is 2. The first-order valence-corrected chi connectivity index (χ1v) is 7.60. The molecule has 3 rings (SSSR count). The zero-order valence-corrected chi connectivity index (χ0v) is 13.4. The van der Waals surface area contributed by atoms with Gasteiger partial charge in [-0.2, -0.15) is 0 Å². The molecule has 0 amide bonds. The van der Waals surface area contributed by atoms with E-state index in [4.69, 9.17) is 18.9 Å². The zero-order valence-electron chi connectivity index (χ0n) is 13.4. The van der Waals surface area contributed by atoms with E-state index in [1.54, 1.807) is 14.2 Å². The number of ether oxygens (including phenoxy) is 4. The Balaban J connectivity index is 1.63. The summed E-state index contributed by atoms with van der Waals surface area (Å²) in [6.45, 7) is 2.64. The van der Waals surface area contributed by atoms with Crippen LogP contribution >= 0.6 is 0 Å². The molecular formula is C18H21NO4. The smallest absolute Gasteiger partial charge is 0.161 e. The van der Waals surface area contributed by atoms with Crippen molar-refractivity contribution in [2.45, 2.75) is 13.1 Å². The number of methoxy groups -OCH3 is 2. The standard InChI is InChI=1S/C18H21NO4/c1-20-15-4-6-16(21-2)14(10-15)12-19-11-13-3-5-17-18(9-13)23-8-7-22-17/h3-6,9-10,19H,7-8,11-12H2,1-2H3. The third kappa shape index (κ3) is 3.68. The highest BCUT2D eigenvalue weighted by molar-refractivity contribution is 5.44. The van der Waals surface area contributed by atoms with Gasteiger partial charge < -0.3 is 24.3 Å². The van der Waals surface area contributed by atoms with Gasteiger partial charge >= 0.3 is 0 Å². The normalized spacial score (nSPS) is 12.8. The Hall–Kier alpha value is -2.40. The van der Waals surface area contributed by atoms with E-state index in [1.807, 2.05) is 36.4 Å². The quantitative estimate of drug-likeness (QED) is 0.888. The lowest BCUT2D eigenvalue weighted by Gasteiger charge is -2.19. The predicted molar refractivity (Wildman–Crippen MR) is 87.5 cm³/mol. The molecule has 0 atom stereocenters. The summed E-state index contributed by atoms with van der Waals surface area (Å²) in [6.07, 6.45) is 0. The van der Waals surface area contributed by atoms with Gasteiger partial charge in [0.25, 0.3) is 0 Å². The van der Waals surface area contributed by atoms with Crippen LogP contribution in [0.3, 0.4) is 0 Å². The first-order chi connectivity index (χ1) is 11.3. The van der Waals surface area contributed by atoms with Gasteiger partial charge in [-0.25, -0.2) is 0 Å². The van der Waals surface area contributed by atoms with Gasteiger partial charge in [-0.3, -0.25) is 0 Å². The van der Waals surface area contributed by atoms with E-state index in [0.717, 1.165) is 40.7 Å². The minimum Gasteiger partial charge on any atom is -0.497 e. The van der Waals surface area contributed by atoms with Crippen LogP contribution in [0, 0.1) is 0 Å². The minimum atomic E-state index is 0.602. The van der Waals surface area contributed by atoms with Gasteiger partial charge in [0.1, 0.15) is 24.7 Å². The van der Waals surface area contributed by atoms with Crippen molar-refractivity contribution in [1.29, 1.82) is 0 Å². The van der Waals surface area contributed by atoms with Crippen LogP contribution in [0.2, 0.25) is 0 Å². The summed E-state index contributed by atoms with van der Waals surface area (Å²) in [5.74, 6) is 3.30. The van der Waals surface area contributed by atoms with E-state index >= 15 is 0 Å². The highest BCUT2D eigenvalue weighted by Crippen LogP contribution is 2.30. The number of hydrogen-bond donors (Lipinski definition) is 1. The van der Waals surface area contributed by atoms with E-state index in [9.17, 15) is 0 Å². The van der Waals surface area contributed by atoms with E-state index < -0.39 is 0 Å². The second-order valence-electron chi connectivity index (χ2n) is 5.26. The molecule has 0 saturated heterocycles. The molecule has 0 unspecified atom stereocenters. The maximum Gasteiger partial charge on any atom is 0.161 e. The fourth-order valence-corrected chi connectivity index (χ4v) is 2.56. The molecule has 0 saturated carbocycles.